The molecule has 0 bridgehead atoms. The molecule has 1 saturated heterocycles. The first-order valence-electron chi connectivity index (χ1n) is 8.11. The Morgan fingerprint density at radius 2 is 2.29 bits per heavy atom. The number of aromatic nitrogens is 4. The third-order valence-corrected chi connectivity index (χ3v) is 5.69. The summed E-state index contributed by atoms with van der Waals surface area (Å²) >= 11 is 1.68. The quantitative estimate of drug-likeness (QED) is 0.683. The van der Waals surface area contributed by atoms with Crippen molar-refractivity contribution in [1.29, 1.82) is 0 Å². The second-order valence-corrected chi connectivity index (χ2v) is 7.19. The molecule has 24 heavy (non-hydrogen) atoms. The van der Waals surface area contributed by atoms with Gasteiger partial charge >= 0.3 is 0 Å². The van der Waals surface area contributed by atoms with Crippen LogP contribution in [0.4, 0.5) is 5.82 Å². The van der Waals surface area contributed by atoms with Gasteiger partial charge in [0.25, 0.3) is 0 Å². The van der Waals surface area contributed by atoms with Crippen LogP contribution in [-0.4, -0.2) is 38.1 Å². The number of carbonyl (C=O) groups excluding carboxylic acids is 1. The standard InChI is InChI=1S/C17H19N5OS/c1-11-9-24-16-15(11)18-10-19-17(16)22-5-3-4-13(22)6-14(23)12-7-20-21(2)8-12/h7-10,13H,3-6H2,1-2H3. The lowest BCUT2D eigenvalue weighted by molar-refractivity contribution is 0.0974. The van der Waals surface area contributed by atoms with E-state index >= 15 is 0 Å². The molecule has 4 rings (SSSR count). The molecule has 0 aromatic carbocycles. The number of rotatable bonds is 4. The van der Waals surface area contributed by atoms with Crippen LogP contribution in [-0.2, 0) is 7.05 Å². The van der Waals surface area contributed by atoms with Crippen LogP contribution in [0.25, 0.3) is 10.2 Å². The highest BCUT2D eigenvalue weighted by Crippen LogP contribution is 2.35. The number of fused-ring (bicyclic) bond motifs is 1. The number of carbonyl (C=O) groups is 1. The van der Waals surface area contributed by atoms with E-state index in [0.29, 0.717) is 12.0 Å². The largest absolute Gasteiger partial charge is 0.352 e. The molecule has 0 N–H and O–H groups in total. The highest BCUT2D eigenvalue weighted by atomic mass is 32.1. The fourth-order valence-corrected chi connectivity index (χ4v) is 4.39. The van der Waals surface area contributed by atoms with E-state index in [2.05, 4.69) is 32.3 Å². The number of aryl methyl sites for hydroxylation is 2. The van der Waals surface area contributed by atoms with Crippen molar-refractivity contribution in [3.05, 3.63) is 35.2 Å². The lowest BCUT2D eigenvalue weighted by Crippen LogP contribution is -2.32. The molecule has 7 heteroatoms. The monoisotopic (exact) mass is 341 g/mol. The van der Waals surface area contributed by atoms with Crippen molar-refractivity contribution in [3.8, 4) is 0 Å². The summed E-state index contributed by atoms with van der Waals surface area (Å²) in [5.41, 5.74) is 2.89. The molecule has 1 aliphatic rings. The maximum absolute atomic E-state index is 12.5. The Morgan fingerprint density at radius 1 is 1.42 bits per heavy atom. The summed E-state index contributed by atoms with van der Waals surface area (Å²) in [6.07, 6.45) is 7.67. The summed E-state index contributed by atoms with van der Waals surface area (Å²) in [4.78, 5) is 23.8. The topological polar surface area (TPSA) is 63.9 Å². The molecular formula is C17H19N5OS. The molecule has 0 saturated carbocycles. The summed E-state index contributed by atoms with van der Waals surface area (Å²) in [5.74, 6) is 1.12. The fraction of sp³-hybridized carbons (Fsp3) is 0.412. The molecule has 6 nitrogen and oxygen atoms in total. The van der Waals surface area contributed by atoms with E-state index in [1.165, 1.54) is 5.56 Å². The molecule has 1 atom stereocenters. The van der Waals surface area contributed by atoms with Gasteiger partial charge in [-0.25, -0.2) is 9.97 Å². The summed E-state index contributed by atoms with van der Waals surface area (Å²) in [6, 6.07) is 0.193. The molecule has 3 aromatic rings. The van der Waals surface area contributed by atoms with Gasteiger partial charge in [-0.1, -0.05) is 0 Å². The molecule has 0 aliphatic carbocycles. The second-order valence-electron chi connectivity index (χ2n) is 6.31. The predicted octanol–water partition coefficient (Wildman–Crippen LogP) is 2.98. The average Bonchev–Trinajstić information content (AvgIpc) is 3.28. The van der Waals surface area contributed by atoms with Crippen LogP contribution in [0.1, 0.15) is 35.2 Å². The third-order valence-electron chi connectivity index (χ3n) is 4.61. The summed E-state index contributed by atoms with van der Waals surface area (Å²) in [5, 5.41) is 6.22. The molecule has 0 spiro atoms. The minimum absolute atomic E-state index is 0.146. The van der Waals surface area contributed by atoms with E-state index in [1.54, 1.807) is 34.7 Å². The summed E-state index contributed by atoms with van der Waals surface area (Å²) < 4.78 is 2.79. The Balaban J connectivity index is 1.61. The number of hydrogen-bond acceptors (Lipinski definition) is 6. The van der Waals surface area contributed by atoms with Gasteiger partial charge in [-0.15, -0.1) is 11.3 Å². The van der Waals surface area contributed by atoms with Crippen LogP contribution >= 0.6 is 11.3 Å². The maximum Gasteiger partial charge on any atom is 0.168 e. The van der Waals surface area contributed by atoms with Crippen molar-refractivity contribution < 1.29 is 4.79 Å². The molecule has 0 amide bonds. The van der Waals surface area contributed by atoms with Crippen LogP contribution in [0.15, 0.2) is 24.1 Å². The predicted molar refractivity (Wildman–Crippen MR) is 94.7 cm³/mol. The molecule has 1 fully saturated rings. The van der Waals surface area contributed by atoms with Crippen molar-refractivity contribution >= 4 is 33.2 Å². The van der Waals surface area contributed by atoms with Gasteiger partial charge in [0.2, 0.25) is 0 Å². The summed E-state index contributed by atoms with van der Waals surface area (Å²) in [7, 11) is 1.83. The van der Waals surface area contributed by atoms with Gasteiger partial charge in [-0.05, 0) is 30.7 Å². The van der Waals surface area contributed by atoms with Crippen LogP contribution in [0.5, 0.6) is 0 Å². The molecule has 0 radical (unpaired) electrons. The Labute approximate surface area is 144 Å². The van der Waals surface area contributed by atoms with Gasteiger partial charge in [0.05, 0.1) is 22.0 Å². The SMILES string of the molecule is Cc1csc2c(N3CCCC3CC(=O)c3cnn(C)c3)ncnc12. The Hall–Kier alpha value is -2.28. The van der Waals surface area contributed by atoms with E-state index < -0.39 is 0 Å². The van der Waals surface area contributed by atoms with Crippen molar-refractivity contribution in [3.63, 3.8) is 0 Å². The van der Waals surface area contributed by atoms with Gasteiger partial charge in [0.15, 0.2) is 5.78 Å². The first-order valence-corrected chi connectivity index (χ1v) is 8.98. The lowest BCUT2D eigenvalue weighted by atomic mass is 10.0. The first-order chi connectivity index (χ1) is 11.6. The highest BCUT2D eigenvalue weighted by molar-refractivity contribution is 7.18. The number of anilines is 1. The molecule has 124 valence electrons. The van der Waals surface area contributed by atoms with Gasteiger partial charge in [0.1, 0.15) is 12.1 Å². The Bertz CT molecular complexity index is 899. The van der Waals surface area contributed by atoms with Crippen LogP contribution in [0.3, 0.4) is 0 Å². The van der Waals surface area contributed by atoms with Crippen molar-refractivity contribution in [2.45, 2.75) is 32.2 Å². The number of nitrogens with zero attached hydrogens (tertiary/aromatic N) is 5. The Morgan fingerprint density at radius 3 is 3.08 bits per heavy atom. The zero-order valence-electron chi connectivity index (χ0n) is 13.8. The first kappa shape index (κ1) is 15.3. The lowest BCUT2D eigenvalue weighted by Gasteiger charge is -2.25. The van der Waals surface area contributed by atoms with E-state index in [1.807, 2.05) is 7.05 Å². The minimum atomic E-state index is 0.146. The number of ketones is 1. The van der Waals surface area contributed by atoms with Crippen LogP contribution in [0, 0.1) is 6.92 Å². The van der Waals surface area contributed by atoms with E-state index in [-0.39, 0.29) is 11.8 Å². The van der Waals surface area contributed by atoms with Gasteiger partial charge in [-0.3, -0.25) is 9.48 Å². The van der Waals surface area contributed by atoms with E-state index in [9.17, 15) is 4.79 Å². The number of Topliss-reactive ketones (excluding diaryl/α,β-unsaturated/α-hetero) is 1. The number of thiophene rings is 1. The van der Waals surface area contributed by atoms with Crippen molar-refractivity contribution in [2.75, 3.05) is 11.4 Å². The van der Waals surface area contributed by atoms with Gasteiger partial charge in [-0.2, -0.15) is 5.10 Å². The normalized spacial score (nSPS) is 17.8. The fourth-order valence-electron chi connectivity index (χ4n) is 3.39. The highest BCUT2D eigenvalue weighted by Gasteiger charge is 2.30. The molecule has 1 aliphatic heterocycles. The van der Waals surface area contributed by atoms with Gasteiger partial charge in [0, 0.05) is 32.3 Å². The van der Waals surface area contributed by atoms with Crippen LogP contribution in [0.2, 0.25) is 0 Å². The smallest absolute Gasteiger partial charge is 0.168 e. The van der Waals surface area contributed by atoms with E-state index in [4.69, 9.17) is 0 Å². The minimum Gasteiger partial charge on any atom is -0.352 e. The molecule has 1 unspecified atom stereocenters. The molecule has 4 heterocycles. The van der Waals surface area contributed by atoms with Crippen molar-refractivity contribution in [2.24, 2.45) is 7.05 Å². The average molecular weight is 341 g/mol. The van der Waals surface area contributed by atoms with E-state index in [0.717, 1.165) is 35.4 Å². The van der Waals surface area contributed by atoms with Gasteiger partial charge < -0.3 is 4.90 Å². The molecular weight excluding hydrogens is 322 g/mol. The maximum atomic E-state index is 12.5. The molecule has 3 aromatic heterocycles. The Kier molecular flexibility index (Phi) is 3.80. The van der Waals surface area contributed by atoms with Crippen molar-refractivity contribution in [1.82, 2.24) is 19.7 Å². The number of hydrogen-bond donors (Lipinski definition) is 0. The van der Waals surface area contributed by atoms with Crippen LogP contribution < -0.4 is 4.90 Å². The zero-order chi connectivity index (χ0) is 16.7. The third kappa shape index (κ3) is 2.58. The zero-order valence-corrected chi connectivity index (χ0v) is 14.6. The summed E-state index contributed by atoms with van der Waals surface area (Å²) in [6.45, 7) is 3.01. The second kappa shape index (κ2) is 5.98.